The predicted molar refractivity (Wildman–Crippen MR) is 90.3 cm³/mol. The van der Waals surface area contributed by atoms with Gasteiger partial charge in [-0.15, -0.1) is 0 Å². The Morgan fingerprint density at radius 3 is 2.52 bits per heavy atom. The van der Waals surface area contributed by atoms with Crippen LogP contribution in [0.15, 0.2) is 30.3 Å². The Balaban J connectivity index is 1.65. The highest BCUT2D eigenvalue weighted by atomic mass is 16.5. The number of hydrogen-bond donors (Lipinski definition) is 2. The molecular weight excluding hydrogens is 288 g/mol. The molecule has 1 heterocycles. The molecule has 4 nitrogen and oxygen atoms in total. The van der Waals surface area contributed by atoms with Crippen LogP contribution in [0.1, 0.15) is 43.7 Å². The van der Waals surface area contributed by atoms with E-state index in [2.05, 4.69) is 29.6 Å². The van der Waals surface area contributed by atoms with Gasteiger partial charge < -0.3 is 15.0 Å². The smallest absolute Gasteiger partial charge is 0.223 e. The average molecular weight is 317 g/mol. The summed E-state index contributed by atoms with van der Waals surface area (Å²) < 4.78 is 5.46. The van der Waals surface area contributed by atoms with E-state index in [9.17, 15) is 4.79 Å². The molecule has 2 fully saturated rings. The Bertz CT molecular complexity index is 479. The van der Waals surface area contributed by atoms with Gasteiger partial charge in [-0.3, -0.25) is 4.79 Å². The lowest BCUT2D eigenvalue weighted by Crippen LogP contribution is -3.14. The number of nitrogens with one attached hydrogen (secondary N) is 2. The fourth-order valence-electron chi connectivity index (χ4n) is 3.74. The predicted octanol–water partition coefficient (Wildman–Crippen LogP) is 1.34. The van der Waals surface area contributed by atoms with Crippen LogP contribution in [0.3, 0.4) is 0 Å². The number of quaternary nitrogens is 1. The number of carbonyl (C=O) groups is 1. The summed E-state index contributed by atoms with van der Waals surface area (Å²) in [6.07, 6.45) is 5.78. The highest BCUT2D eigenvalue weighted by Gasteiger charge is 2.27. The van der Waals surface area contributed by atoms with Crippen molar-refractivity contribution in [3.8, 4) is 0 Å². The monoisotopic (exact) mass is 317 g/mol. The molecule has 0 bridgehead atoms. The van der Waals surface area contributed by atoms with Crippen LogP contribution in [-0.2, 0) is 9.53 Å². The molecule has 3 rings (SSSR count). The number of rotatable bonds is 5. The number of morpholine rings is 1. The number of benzene rings is 1. The van der Waals surface area contributed by atoms with Gasteiger partial charge in [0.15, 0.2) is 0 Å². The van der Waals surface area contributed by atoms with Crippen LogP contribution >= 0.6 is 0 Å². The van der Waals surface area contributed by atoms with E-state index in [0.29, 0.717) is 0 Å². The Hall–Kier alpha value is -1.39. The van der Waals surface area contributed by atoms with E-state index < -0.39 is 0 Å². The van der Waals surface area contributed by atoms with Crippen LogP contribution in [0.4, 0.5) is 0 Å². The lowest BCUT2D eigenvalue weighted by atomic mass is 9.88. The van der Waals surface area contributed by atoms with E-state index in [4.69, 9.17) is 4.74 Å². The Morgan fingerprint density at radius 2 is 1.83 bits per heavy atom. The molecule has 1 aliphatic heterocycles. The second-order valence-corrected chi connectivity index (χ2v) is 6.87. The van der Waals surface area contributed by atoms with Gasteiger partial charge in [-0.05, 0) is 18.4 Å². The van der Waals surface area contributed by atoms with Crippen molar-refractivity contribution in [1.29, 1.82) is 0 Å². The minimum Gasteiger partial charge on any atom is -0.370 e. The van der Waals surface area contributed by atoms with Crippen LogP contribution in [-0.4, -0.2) is 38.8 Å². The summed E-state index contributed by atoms with van der Waals surface area (Å²) >= 11 is 0. The van der Waals surface area contributed by atoms with Gasteiger partial charge in [-0.2, -0.15) is 0 Å². The summed E-state index contributed by atoms with van der Waals surface area (Å²) in [6.45, 7) is 4.66. The van der Waals surface area contributed by atoms with Gasteiger partial charge >= 0.3 is 0 Å². The topological polar surface area (TPSA) is 42.8 Å². The van der Waals surface area contributed by atoms with Crippen LogP contribution < -0.4 is 10.2 Å². The fraction of sp³-hybridized carbons (Fsp3) is 0.632. The zero-order valence-corrected chi connectivity index (χ0v) is 13.9. The molecule has 0 spiro atoms. The van der Waals surface area contributed by atoms with Crippen molar-refractivity contribution in [2.75, 3.05) is 32.8 Å². The van der Waals surface area contributed by atoms with Gasteiger partial charge in [0.2, 0.25) is 5.91 Å². The summed E-state index contributed by atoms with van der Waals surface area (Å²) in [5.74, 6) is 0.473. The highest BCUT2D eigenvalue weighted by molar-refractivity contribution is 5.79. The fourth-order valence-corrected chi connectivity index (χ4v) is 3.74. The van der Waals surface area contributed by atoms with E-state index in [1.807, 2.05) is 6.07 Å². The number of hydrogen-bond acceptors (Lipinski definition) is 2. The molecule has 2 aliphatic rings. The van der Waals surface area contributed by atoms with E-state index in [0.717, 1.165) is 45.7 Å². The average Bonchev–Trinajstić information content (AvgIpc) is 2.63. The van der Waals surface area contributed by atoms with Crippen LogP contribution in [0.2, 0.25) is 0 Å². The molecule has 2 N–H and O–H groups in total. The zero-order valence-electron chi connectivity index (χ0n) is 13.9. The zero-order chi connectivity index (χ0) is 15.9. The molecule has 0 unspecified atom stereocenters. The number of carbonyl (C=O) groups excluding carboxylic acids is 1. The Labute approximate surface area is 139 Å². The normalized spacial score (nSPS) is 21.7. The van der Waals surface area contributed by atoms with Crippen molar-refractivity contribution < 1.29 is 14.4 Å². The van der Waals surface area contributed by atoms with Gasteiger partial charge in [0.05, 0.1) is 13.2 Å². The first-order valence-corrected chi connectivity index (χ1v) is 9.09. The molecule has 1 aliphatic carbocycles. The molecule has 126 valence electrons. The van der Waals surface area contributed by atoms with Crippen molar-refractivity contribution in [2.45, 2.75) is 38.1 Å². The van der Waals surface area contributed by atoms with Crippen molar-refractivity contribution in [3.05, 3.63) is 35.9 Å². The first-order valence-electron chi connectivity index (χ1n) is 9.09. The van der Waals surface area contributed by atoms with E-state index in [1.54, 1.807) is 0 Å². The van der Waals surface area contributed by atoms with Gasteiger partial charge in [0.1, 0.15) is 25.7 Å². The molecule has 1 amide bonds. The third-order valence-corrected chi connectivity index (χ3v) is 5.19. The van der Waals surface area contributed by atoms with Gasteiger partial charge in [-0.1, -0.05) is 49.6 Å². The lowest BCUT2D eigenvalue weighted by molar-refractivity contribution is -0.909. The van der Waals surface area contributed by atoms with Crippen LogP contribution in [0.5, 0.6) is 0 Å². The molecule has 0 radical (unpaired) electrons. The third-order valence-electron chi connectivity index (χ3n) is 5.19. The van der Waals surface area contributed by atoms with Crippen molar-refractivity contribution in [3.63, 3.8) is 0 Å². The number of amides is 1. The maximum atomic E-state index is 12.7. The summed E-state index contributed by atoms with van der Waals surface area (Å²) in [6, 6.07) is 10.5. The van der Waals surface area contributed by atoms with Gasteiger partial charge in [0, 0.05) is 5.92 Å². The molecule has 4 heteroatoms. The van der Waals surface area contributed by atoms with Gasteiger partial charge in [-0.25, -0.2) is 0 Å². The summed E-state index contributed by atoms with van der Waals surface area (Å²) in [5.41, 5.74) is 1.22. The molecular formula is C19H29N2O2+. The molecule has 0 aromatic heterocycles. The highest BCUT2D eigenvalue weighted by Crippen LogP contribution is 2.24. The number of ether oxygens (including phenoxy) is 1. The third kappa shape index (κ3) is 4.79. The van der Waals surface area contributed by atoms with Crippen molar-refractivity contribution in [1.82, 2.24) is 5.32 Å². The first-order chi connectivity index (χ1) is 11.3. The summed E-state index contributed by atoms with van der Waals surface area (Å²) in [5, 5.41) is 3.35. The standard InChI is InChI=1S/C19H28N2O2/c22-19(17-9-5-2-6-10-17)20-18(16-7-3-1-4-8-16)15-21-11-13-23-14-12-21/h1,3-4,7-8,17-18H,2,5-6,9-15H2,(H,20,22)/p+1/t18-/m0/s1. The quantitative estimate of drug-likeness (QED) is 0.861. The SMILES string of the molecule is O=C(N[C@@H](C[NH+]1CCOCC1)c1ccccc1)C1CCCCC1. The molecule has 1 saturated carbocycles. The molecule has 1 saturated heterocycles. The van der Waals surface area contributed by atoms with Gasteiger partial charge in [0.25, 0.3) is 0 Å². The summed E-state index contributed by atoms with van der Waals surface area (Å²) in [4.78, 5) is 14.2. The Morgan fingerprint density at radius 1 is 1.13 bits per heavy atom. The first kappa shape index (κ1) is 16.5. The maximum absolute atomic E-state index is 12.7. The van der Waals surface area contributed by atoms with E-state index in [-0.39, 0.29) is 17.9 Å². The second kappa shape index (κ2) is 8.46. The Kier molecular flexibility index (Phi) is 6.06. The van der Waals surface area contributed by atoms with E-state index in [1.165, 1.54) is 29.7 Å². The molecule has 1 atom stereocenters. The minimum absolute atomic E-state index is 0.110. The largest absolute Gasteiger partial charge is 0.370 e. The lowest BCUT2D eigenvalue weighted by Gasteiger charge is -2.30. The molecule has 23 heavy (non-hydrogen) atoms. The maximum Gasteiger partial charge on any atom is 0.223 e. The second-order valence-electron chi connectivity index (χ2n) is 6.87. The van der Waals surface area contributed by atoms with Crippen LogP contribution in [0.25, 0.3) is 0 Å². The minimum atomic E-state index is 0.110. The van der Waals surface area contributed by atoms with Crippen molar-refractivity contribution in [2.24, 2.45) is 5.92 Å². The summed E-state index contributed by atoms with van der Waals surface area (Å²) in [7, 11) is 0. The molecule has 1 aromatic carbocycles. The van der Waals surface area contributed by atoms with Crippen molar-refractivity contribution >= 4 is 5.91 Å². The van der Waals surface area contributed by atoms with E-state index >= 15 is 0 Å². The van der Waals surface area contributed by atoms with Crippen LogP contribution in [0, 0.1) is 5.92 Å². The molecule has 1 aromatic rings.